The zero-order valence-electron chi connectivity index (χ0n) is 15.7. The number of hydrogen-bond donors (Lipinski definition) is 2. The predicted molar refractivity (Wildman–Crippen MR) is 106 cm³/mol. The Hall–Kier alpha value is -2.78. The molecule has 6 nitrogen and oxygen atoms in total. The van der Waals surface area contributed by atoms with Gasteiger partial charge in [-0.1, -0.05) is 11.3 Å². The summed E-state index contributed by atoms with van der Waals surface area (Å²) in [5.74, 6) is -1.62. The Morgan fingerprint density at radius 3 is 2.83 bits per heavy atom. The number of amides is 1. The lowest BCUT2D eigenvalue weighted by Crippen LogP contribution is -2.41. The van der Waals surface area contributed by atoms with Gasteiger partial charge in [-0.2, -0.15) is 5.10 Å². The highest BCUT2D eigenvalue weighted by Gasteiger charge is 2.24. The fraction of sp³-hybridized carbons (Fsp3) is 0.300. The highest BCUT2D eigenvalue weighted by Crippen LogP contribution is 2.41. The van der Waals surface area contributed by atoms with Gasteiger partial charge in [0.15, 0.2) is 5.06 Å². The molecule has 0 radical (unpaired) electrons. The molecular formula is C20H20F2N4O2S. The molecule has 3 heterocycles. The summed E-state index contributed by atoms with van der Waals surface area (Å²) in [7, 11) is 0. The van der Waals surface area contributed by atoms with E-state index in [2.05, 4.69) is 10.4 Å². The third kappa shape index (κ3) is 4.01. The summed E-state index contributed by atoms with van der Waals surface area (Å²) in [6.45, 7) is 3.22. The molecule has 4 rings (SSSR count). The van der Waals surface area contributed by atoms with E-state index in [1.807, 2.05) is 11.6 Å². The number of benzene rings is 1. The smallest absolute Gasteiger partial charge is 0.261 e. The van der Waals surface area contributed by atoms with Crippen LogP contribution in [0.3, 0.4) is 0 Å². The molecule has 3 aromatic rings. The molecule has 0 saturated heterocycles. The van der Waals surface area contributed by atoms with Gasteiger partial charge in [0.05, 0.1) is 28.9 Å². The Morgan fingerprint density at radius 2 is 2.10 bits per heavy atom. The lowest BCUT2D eigenvalue weighted by molar-refractivity contribution is 0.0942. The van der Waals surface area contributed by atoms with E-state index >= 15 is 0 Å². The summed E-state index contributed by atoms with van der Waals surface area (Å²) in [5.41, 5.74) is 9.00. The van der Waals surface area contributed by atoms with E-state index in [-0.39, 0.29) is 18.9 Å². The highest BCUT2D eigenvalue weighted by molar-refractivity contribution is 7.16. The van der Waals surface area contributed by atoms with Crippen LogP contribution in [0.5, 0.6) is 5.06 Å². The average Bonchev–Trinajstić information content (AvgIpc) is 3.19. The third-order valence-electron chi connectivity index (χ3n) is 4.76. The molecule has 2 aromatic heterocycles. The molecule has 1 aliphatic heterocycles. The second kappa shape index (κ2) is 7.92. The molecule has 0 bridgehead atoms. The summed E-state index contributed by atoms with van der Waals surface area (Å²) >= 11 is 1.26. The number of carbonyl (C=O) groups excluding carboxylic acids is 1. The van der Waals surface area contributed by atoms with E-state index < -0.39 is 17.7 Å². The van der Waals surface area contributed by atoms with Gasteiger partial charge in [-0.3, -0.25) is 9.48 Å². The fourth-order valence-corrected chi connectivity index (χ4v) is 4.38. The largest absolute Gasteiger partial charge is 0.481 e. The first-order valence-electron chi connectivity index (χ1n) is 9.20. The van der Waals surface area contributed by atoms with Crippen molar-refractivity contribution in [3.8, 4) is 16.3 Å². The zero-order valence-corrected chi connectivity index (χ0v) is 16.6. The van der Waals surface area contributed by atoms with E-state index in [4.69, 9.17) is 10.5 Å². The average molecular weight is 418 g/mol. The molecule has 0 saturated carbocycles. The summed E-state index contributed by atoms with van der Waals surface area (Å²) < 4.78 is 34.5. The number of fused-ring (bicyclic) bond motifs is 3. The molecule has 1 atom stereocenters. The molecule has 1 aliphatic rings. The molecule has 1 amide bonds. The Morgan fingerprint density at radius 1 is 1.34 bits per heavy atom. The molecule has 29 heavy (non-hydrogen) atoms. The normalized spacial score (nSPS) is 13.8. The molecule has 9 heteroatoms. The first kappa shape index (κ1) is 19.5. The van der Waals surface area contributed by atoms with Crippen LogP contribution in [0.2, 0.25) is 0 Å². The van der Waals surface area contributed by atoms with Crippen LogP contribution in [-0.2, 0) is 13.0 Å². The van der Waals surface area contributed by atoms with Crippen LogP contribution in [0.25, 0.3) is 11.3 Å². The molecule has 152 valence electrons. The summed E-state index contributed by atoms with van der Waals surface area (Å²) in [5, 5.41) is 7.88. The number of nitrogens with two attached hydrogens (primary N) is 1. The van der Waals surface area contributed by atoms with Crippen molar-refractivity contribution in [2.75, 3.05) is 13.2 Å². The topological polar surface area (TPSA) is 82.2 Å². The number of nitrogens with zero attached hydrogens (tertiary/aromatic N) is 2. The molecular weight excluding hydrogens is 398 g/mol. The number of carbonyl (C=O) groups is 1. The third-order valence-corrected chi connectivity index (χ3v) is 5.81. The maximum absolute atomic E-state index is 13.4. The van der Waals surface area contributed by atoms with Crippen LogP contribution in [0.1, 0.15) is 20.8 Å². The van der Waals surface area contributed by atoms with Crippen LogP contribution in [-0.4, -0.2) is 34.9 Å². The van der Waals surface area contributed by atoms with E-state index in [1.54, 1.807) is 12.3 Å². The molecule has 3 N–H and O–H groups in total. The van der Waals surface area contributed by atoms with Gasteiger partial charge < -0.3 is 15.8 Å². The van der Waals surface area contributed by atoms with Crippen LogP contribution >= 0.6 is 11.3 Å². The lowest BCUT2D eigenvalue weighted by Gasteiger charge is -2.16. The van der Waals surface area contributed by atoms with Crippen LogP contribution < -0.4 is 15.8 Å². The van der Waals surface area contributed by atoms with Crippen LogP contribution in [0.15, 0.2) is 30.5 Å². The number of halogens is 2. The van der Waals surface area contributed by atoms with Crippen molar-refractivity contribution >= 4 is 17.2 Å². The van der Waals surface area contributed by atoms with E-state index in [0.29, 0.717) is 28.7 Å². The molecule has 0 aliphatic carbocycles. The second-order valence-corrected chi connectivity index (χ2v) is 7.96. The van der Waals surface area contributed by atoms with Crippen molar-refractivity contribution < 1.29 is 18.3 Å². The SMILES string of the molecule is Cc1cnn2c1-c1cc(C(=O)NC(CN)Cc3cc(F)cc(F)c3)sc1OCC2. The Kier molecular flexibility index (Phi) is 5.33. The Bertz CT molecular complexity index is 1040. The number of rotatable bonds is 5. The first-order valence-corrected chi connectivity index (χ1v) is 10.0. The number of hydrogen-bond acceptors (Lipinski definition) is 5. The van der Waals surface area contributed by atoms with Crippen molar-refractivity contribution in [1.29, 1.82) is 0 Å². The number of ether oxygens (including phenoxy) is 1. The monoisotopic (exact) mass is 418 g/mol. The summed E-state index contributed by atoms with van der Waals surface area (Å²) in [6, 6.07) is 4.62. The number of aromatic nitrogens is 2. The van der Waals surface area contributed by atoms with E-state index in [1.165, 1.54) is 23.5 Å². The predicted octanol–water partition coefficient (Wildman–Crippen LogP) is 2.89. The number of nitrogens with one attached hydrogen (secondary N) is 1. The van der Waals surface area contributed by atoms with Gasteiger partial charge in [0.25, 0.3) is 5.91 Å². The maximum atomic E-state index is 13.4. The van der Waals surface area contributed by atoms with Gasteiger partial charge >= 0.3 is 0 Å². The maximum Gasteiger partial charge on any atom is 0.261 e. The summed E-state index contributed by atoms with van der Waals surface area (Å²) in [4.78, 5) is 13.3. The fourth-order valence-electron chi connectivity index (χ4n) is 3.45. The van der Waals surface area contributed by atoms with Gasteiger partial charge in [0, 0.05) is 18.7 Å². The standard InChI is InChI=1S/C20H20F2N4O2S/c1-11-10-24-26-2-3-28-20-16(18(11)26)8-17(29-20)19(27)25-15(9-23)6-12-4-13(21)7-14(22)5-12/h4-5,7-8,10,15H,2-3,6,9,23H2,1H3,(H,25,27). The molecule has 1 unspecified atom stereocenters. The Balaban J connectivity index is 1.54. The first-order chi connectivity index (χ1) is 13.9. The number of aryl methyl sites for hydroxylation is 1. The quantitative estimate of drug-likeness (QED) is 0.668. The molecule has 0 spiro atoms. The minimum atomic E-state index is -0.659. The van der Waals surface area contributed by atoms with Crippen molar-refractivity contribution in [1.82, 2.24) is 15.1 Å². The van der Waals surface area contributed by atoms with Gasteiger partial charge in [0.1, 0.15) is 18.2 Å². The van der Waals surface area contributed by atoms with Crippen LogP contribution in [0, 0.1) is 18.6 Å². The minimum absolute atomic E-state index is 0.136. The van der Waals surface area contributed by atoms with Crippen molar-refractivity contribution in [2.24, 2.45) is 5.73 Å². The second-order valence-electron chi connectivity index (χ2n) is 6.95. The number of thiophene rings is 1. The van der Waals surface area contributed by atoms with Crippen molar-refractivity contribution in [3.63, 3.8) is 0 Å². The van der Waals surface area contributed by atoms with Gasteiger partial charge in [0.2, 0.25) is 0 Å². The lowest BCUT2D eigenvalue weighted by atomic mass is 10.1. The van der Waals surface area contributed by atoms with Crippen LogP contribution in [0.4, 0.5) is 8.78 Å². The van der Waals surface area contributed by atoms with Gasteiger partial charge in [-0.25, -0.2) is 8.78 Å². The molecule has 1 aromatic carbocycles. The molecule has 0 fully saturated rings. The minimum Gasteiger partial charge on any atom is -0.481 e. The highest BCUT2D eigenvalue weighted by atomic mass is 32.1. The van der Waals surface area contributed by atoms with Crippen molar-refractivity contribution in [3.05, 3.63) is 58.1 Å². The zero-order chi connectivity index (χ0) is 20.5. The summed E-state index contributed by atoms with van der Waals surface area (Å²) in [6.07, 6.45) is 2.02. The Labute approximate surface area is 170 Å². The van der Waals surface area contributed by atoms with E-state index in [0.717, 1.165) is 22.9 Å². The van der Waals surface area contributed by atoms with Crippen molar-refractivity contribution in [2.45, 2.75) is 25.9 Å². The van der Waals surface area contributed by atoms with Gasteiger partial charge in [-0.15, -0.1) is 0 Å². The van der Waals surface area contributed by atoms with Gasteiger partial charge in [-0.05, 0) is 42.7 Å². The van der Waals surface area contributed by atoms with E-state index in [9.17, 15) is 13.6 Å².